The summed E-state index contributed by atoms with van der Waals surface area (Å²) in [6.45, 7) is 10.9. The molecule has 5 heteroatoms. The topological polar surface area (TPSA) is 31.4 Å². The van der Waals surface area contributed by atoms with Gasteiger partial charge >= 0.3 is 0 Å². The zero-order valence-corrected chi connectivity index (χ0v) is 13.3. The molecule has 0 saturated carbocycles. The Hall–Kier alpha value is -0.650. The van der Waals surface area contributed by atoms with Crippen LogP contribution < -0.4 is 10.2 Å². The van der Waals surface area contributed by atoms with Gasteiger partial charge in [0, 0.05) is 49.3 Å². The maximum atomic E-state index is 4.60. The zero-order valence-electron chi connectivity index (χ0n) is 12.5. The first-order valence-corrected chi connectivity index (χ1v) is 8.05. The van der Waals surface area contributed by atoms with E-state index < -0.39 is 0 Å². The highest BCUT2D eigenvalue weighted by atomic mass is 32.1. The highest BCUT2D eigenvalue weighted by Gasteiger charge is 2.24. The Morgan fingerprint density at radius 3 is 2.95 bits per heavy atom. The monoisotopic (exact) mass is 282 g/mol. The molecule has 0 amide bonds. The summed E-state index contributed by atoms with van der Waals surface area (Å²) in [6.07, 6.45) is 3.23. The van der Waals surface area contributed by atoms with Crippen LogP contribution in [-0.2, 0) is 6.54 Å². The summed E-state index contributed by atoms with van der Waals surface area (Å²) < 4.78 is 0. The average molecular weight is 282 g/mol. The second-order valence-electron chi connectivity index (χ2n) is 5.63. The van der Waals surface area contributed by atoms with Gasteiger partial charge < -0.3 is 10.2 Å². The molecule has 0 aromatic carbocycles. The molecule has 1 aromatic rings. The van der Waals surface area contributed by atoms with Gasteiger partial charge in [-0.2, -0.15) is 0 Å². The van der Waals surface area contributed by atoms with Crippen LogP contribution in [0.25, 0.3) is 0 Å². The summed E-state index contributed by atoms with van der Waals surface area (Å²) >= 11 is 1.83. The Morgan fingerprint density at radius 1 is 1.47 bits per heavy atom. The van der Waals surface area contributed by atoms with Crippen LogP contribution in [0.4, 0.5) is 5.13 Å². The molecule has 1 aliphatic rings. The van der Waals surface area contributed by atoms with Crippen molar-refractivity contribution in [3.05, 3.63) is 11.1 Å². The molecule has 1 aliphatic heterocycles. The summed E-state index contributed by atoms with van der Waals surface area (Å²) in [4.78, 5) is 10.8. The normalized spacial score (nSPS) is 21.3. The number of aromatic nitrogens is 1. The van der Waals surface area contributed by atoms with E-state index in [-0.39, 0.29) is 0 Å². The quantitative estimate of drug-likeness (QED) is 0.897. The second kappa shape index (κ2) is 6.68. The number of hydrogen-bond acceptors (Lipinski definition) is 5. The molecule has 0 radical (unpaired) electrons. The molecule has 0 aliphatic carbocycles. The number of likely N-dealkylation sites (N-methyl/N-ethyl adjacent to an activating group) is 1. The van der Waals surface area contributed by atoms with E-state index in [4.69, 9.17) is 0 Å². The van der Waals surface area contributed by atoms with Crippen molar-refractivity contribution < 1.29 is 0 Å². The minimum absolute atomic E-state index is 0.527. The van der Waals surface area contributed by atoms with Gasteiger partial charge in [0.1, 0.15) is 0 Å². The molecule has 19 heavy (non-hydrogen) atoms. The molecule has 1 fully saturated rings. The number of thiazole rings is 1. The van der Waals surface area contributed by atoms with E-state index in [1.54, 1.807) is 0 Å². The molecule has 4 nitrogen and oxygen atoms in total. The predicted molar refractivity (Wildman–Crippen MR) is 83.0 cm³/mol. The molecule has 1 saturated heterocycles. The Balaban J connectivity index is 1.94. The number of nitrogens with zero attached hydrogens (tertiary/aromatic N) is 3. The third-order valence-corrected chi connectivity index (χ3v) is 4.80. The highest BCUT2D eigenvalue weighted by Crippen LogP contribution is 2.25. The molecule has 108 valence electrons. The first-order chi connectivity index (χ1) is 9.10. The number of anilines is 1. The molecule has 1 N–H and O–H groups in total. The van der Waals surface area contributed by atoms with Gasteiger partial charge in [0.25, 0.3) is 0 Å². The van der Waals surface area contributed by atoms with E-state index in [2.05, 4.69) is 47.9 Å². The molecule has 2 rings (SSSR count). The van der Waals surface area contributed by atoms with Crippen molar-refractivity contribution in [1.29, 1.82) is 0 Å². The van der Waals surface area contributed by atoms with Crippen LogP contribution in [0.5, 0.6) is 0 Å². The first-order valence-electron chi connectivity index (χ1n) is 7.23. The van der Waals surface area contributed by atoms with Gasteiger partial charge in [-0.05, 0) is 13.5 Å². The lowest BCUT2D eigenvalue weighted by Crippen LogP contribution is -2.51. The molecule has 1 atom stereocenters. The fourth-order valence-corrected chi connectivity index (χ4v) is 3.29. The van der Waals surface area contributed by atoms with Gasteiger partial charge in [-0.15, -0.1) is 11.3 Å². The van der Waals surface area contributed by atoms with Gasteiger partial charge in [0.2, 0.25) is 0 Å². The standard InChI is InChI=1S/C14H26N4S/c1-5-12-10-18(7-6-17(12)4)14-16-9-13(19-14)8-15-11(2)3/h9,11-12,15H,5-8,10H2,1-4H3. The Bertz CT molecular complexity index is 391. The van der Waals surface area contributed by atoms with Crippen LogP contribution in [-0.4, -0.2) is 48.6 Å². The Morgan fingerprint density at radius 2 is 2.26 bits per heavy atom. The fourth-order valence-electron chi connectivity index (χ4n) is 2.39. The largest absolute Gasteiger partial charge is 0.345 e. The molecule has 1 unspecified atom stereocenters. The number of piperazine rings is 1. The fraction of sp³-hybridized carbons (Fsp3) is 0.786. The van der Waals surface area contributed by atoms with Crippen LogP contribution in [0.1, 0.15) is 32.1 Å². The van der Waals surface area contributed by atoms with E-state index in [9.17, 15) is 0 Å². The second-order valence-corrected chi connectivity index (χ2v) is 6.73. The third kappa shape index (κ3) is 3.91. The lowest BCUT2D eigenvalue weighted by Gasteiger charge is -2.39. The van der Waals surface area contributed by atoms with Crippen LogP contribution in [0, 0.1) is 0 Å². The van der Waals surface area contributed by atoms with E-state index in [1.165, 1.54) is 16.4 Å². The van der Waals surface area contributed by atoms with Crippen LogP contribution in [0.2, 0.25) is 0 Å². The summed E-state index contributed by atoms with van der Waals surface area (Å²) in [7, 11) is 2.23. The smallest absolute Gasteiger partial charge is 0.185 e. The van der Waals surface area contributed by atoms with E-state index >= 15 is 0 Å². The van der Waals surface area contributed by atoms with E-state index in [1.807, 2.05) is 17.5 Å². The Kier molecular flexibility index (Phi) is 5.19. The minimum Gasteiger partial charge on any atom is -0.345 e. The van der Waals surface area contributed by atoms with E-state index in [0.29, 0.717) is 12.1 Å². The summed E-state index contributed by atoms with van der Waals surface area (Å²) in [5.74, 6) is 0. The predicted octanol–water partition coefficient (Wildman–Crippen LogP) is 2.17. The highest BCUT2D eigenvalue weighted by molar-refractivity contribution is 7.15. The summed E-state index contributed by atoms with van der Waals surface area (Å²) in [5.41, 5.74) is 0. The van der Waals surface area contributed by atoms with Crippen LogP contribution in [0.3, 0.4) is 0 Å². The molecule has 0 spiro atoms. The molecule has 0 bridgehead atoms. The molecule has 2 heterocycles. The zero-order chi connectivity index (χ0) is 13.8. The summed E-state index contributed by atoms with van der Waals surface area (Å²) in [5, 5.41) is 4.64. The lowest BCUT2D eigenvalue weighted by atomic mass is 10.1. The third-order valence-electron chi connectivity index (χ3n) is 3.74. The average Bonchev–Trinajstić information content (AvgIpc) is 2.86. The van der Waals surface area contributed by atoms with Crippen molar-refractivity contribution >= 4 is 16.5 Å². The Labute approximate surface area is 120 Å². The van der Waals surface area contributed by atoms with Crippen LogP contribution in [0.15, 0.2) is 6.20 Å². The first kappa shape index (κ1) is 14.8. The molecular weight excluding hydrogens is 256 g/mol. The van der Waals surface area contributed by atoms with Crippen molar-refractivity contribution in [2.24, 2.45) is 0 Å². The SMILES string of the molecule is CCC1CN(c2ncc(CNC(C)C)s2)CCN1C. The van der Waals surface area contributed by atoms with Crippen LogP contribution >= 0.6 is 11.3 Å². The number of rotatable bonds is 5. The van der Waals surface area contributed by atoms with Crippen molar-refractivity contribution in [3.63, 3.8) is 0 Å². The van der Waals surface area contributed by atoms with Gasteiger partial charge in [-0.3, -0.25) is 4.90 Å². The lowest BCUT2D eigenvalue weighted by molar-refractivity contribution is 0.213. The maximum absolute atomic E-state index is 4.60. The number of nitrogens with one attached hydrogen (secondary N) is 1. The van der Waals surface area contributed by atoms with Crippen molar-refractivity contribution in [2.45, 2.75) is 45.8 Å². The van der Waals surface area contributed by atoms with Crippen molar-refractivity contribution in [2.75, 3.05) is 31.6 Å². The summed E-state index contributed by atoms with van der Waals surface area (Å²) in [6, 6.07) is 1.19. The maximum Gasteiger partial charge on any atom is 0.185 e. The number of hydrogen-bond donors (Lipinski definition) is 1. The van der Waals surface area contributed by atoms with E-state index in [0.717, 1.165) is 26.2 Å². The van der Waals surface area contributed by atoms with Gasteiger partial charge in [-0.1, -0.05) is 20.8 Å². The van der Waals surface area contributed by atoms with Gasteiger partial charge in [0.15, 0.2) is 5.13 Å². The molecular formula is C14H26N4S. The van der Waals surface area contributed by atoms with Crippen molar-refractivity contribution in [1.82, 2.24) is 15.2 Å². The minimum atomic E-state index is 0.527. The molecule has 1 aromatic heterocycles. The van der Waals surface area contributed by atoms with Gasteiger partial charge in [0.05, 0.1) is 0 Å². The van der Waals surface area contributed by atoms with Crippen molar-refractivity contribution in [3.8, 4) is 0 Å². The van der Waals surface area contributed by atoms with Gasteiger partial charge in [-0.25, -0.2) is 4.98 Å².